The molecule has 0 atom stereocenters. The molecule has 7 heteroatoms. The molecule has 4 nitrogen and oxygen atoms in total. The van der Waals surface area contributed by atoms with Crippen LogP contribution in [0.1, 0.15) is 12.5 Å². The van der Waals surface area contributed by atoms with Gasteiger partial charge in [0.1, 0.15) is 5.82 Å². The van der Waals surface area contributed by atoms with Gasteiger partial charge in [0.2, 0.25) is 5.13 Å². The zero-order valence-electron chi connectivity index (χ0n) is 14.3. The van der Waals surface area contributed by atoms with E-state index in [1.807, 2.05) is 42.6 Å². The zero-order chi connectivity index (χ0) is 18.8. The van der Waals surface area contributed by atoms with Gasteiger partial charge in [-0.15, -0.1) is 11.3 Å². The van der Waals surface area contributed by atoms with Crippen LogP contribution in [0, 0.1) is 5.82 Å². The minimum atomic E-state index is -0.307. The Morgan fingerprint density at radius 1 is 1.11 bits per heavy atom. The van der Waals surface area contributed by atoms with E-state index >= 15 is 0 Å². The number of thioether (sulfide) groups is 1. The van der Waals surface area contributed by atoms with E-state index in [1.54, 1.807) is 23.2 Å². The molecular formula is C20H14FN3OS2. The third kappa shape index (κ3) is 3.56. The number of nitrogens with zero attached hydrogens (tertiary/aromatic N) is 3. The number of benzene rings is 2. The molecule has 2 heterocycles. The maximum absolute atomic E-state index is 13.2. The number of aliphatic imine (C=N–C) groups is 1. The molecule has 1 fully saturated rings. The Balaban J connectivity index is 1.81. The molecule has 0 saturated carbocycles. The van der Waals surface area contributed by atoms with Crippen LogP contribution in [-0.2, 0) is 4.79 Å². The number of amides is 1. The summed E-state index contributed by atoms with van der Waals surface area (Å²) in [6.07, 6.45) is 1.68. The highest BCUT2D eigenvalue weighted by Crippen LogP contribution is 2.40. The number of aromatic nitrogens is 1. The molecule has 4 rings (SSSR count). The van der Waals surface area contributed by atoms with Gasteiger partial charge in [-0.1, -0.05) is 30.3 Å². The first-order chi connectivity index (χ1) is 13.1. The summed E-state index contributed by atoms with van der Waals surface area (Å²) in [5, 5.41) is 2.98. The number of rotatable bonds is 3. The van der Waals surface area contributed by atoms with Crippen molar-refractivity contribution in [3.05, 3.63) is 82.5 Å². The lowest BCUT2D eigenvalue weighted by Crippen LogP contribution is -2.28. The van der Waals surface area contributed by atoms with Crippen LogP contribution in [0.5, 0.6) is 0 Å². The summed E-state index contributed by atoms with van der Waals surface area (Å²) in [5.74, 6) is -0.456. The lowest BCUT2D eigenvalue weighted by molar-refractivity contribution is -0.113. The molecule has 1 aromatic heterocycles. The molecule has 0 unspecified atom stereocenters. The van der Waals surface area contributed by atoms with Crippen molar-refractivity contribution >= 4 is 50.6 Å². The molecule has 0 aliphatic carbocycles. The third-order valence-electron chi connectivity index (χ3n) is 4.02. The van der Waals surface area contributed by atoms with Gasteiger partial charge < -0.3 is 0 Å². The van der Waals surface area contributed by atoms with Crippen molar-refractivity contribution in [2.75, 3.05) is 4.90 Å². The normalized spacial score (nSPS) is 17.6. The van der Waals surface area contributed by atoms with Crippen LogP contribution in [0.25, 0.3) is 5.57 Å². The summed E-state index contributed by atoms with van der Waals surface area (Å²) in [7, 11) is 0. The van der Waals surface area contributed by atoms with Crippen LogP contribution in [0.4, 0.5) is 15.2 Å². The van der Waals surface area contributed by atoms with Crippen LogP contribution >= 0.6 is 23.1 Å². The largest absolute Gasteiger partial charge is 0.271 e. The second-order valence-corrected chi connectivity index (χ2v) is 7.60. The number of para-hydroxylation sites is 1. The van der Waals surface area contributed by atoms with Gasteiger partial charge in [-0.05, 0) is 54.1 Å². The maximum Gasteiger partial charge on any atom is 0.271 e. The standard InChI is InChI=1S/C20H14FN3OS2/c1-13(14-7-9-15(21)10-8-14)17-18(25)24(16-5-3-2-4-6-16)20(27-17)23-19-22-11-12-26-19/h2-12H,1H3/b17-13-,23-20+. The number of halogens is 1. The van der Waals surface area contributed by atoms with Gasteiger partial charge in [-0.2, -0.15) is 4.99 Å². The van der Waals surface area contributed by atoms with E-state index in [1.165, 1.54) is 35.2 Å². The van der Waals surface area contributed by atoms with Crippen molar-refractivity contribution in [1.29, 1.82) is 0 Å². The van der Waals surface area contributed by atoms with Gasteiger partial charge in [0.15, 0.2) is 5.17 Å². The van der Waals surface area contributed by atoms with E-state index < -0.39 is 0 Å². The van der Waals surface area contributed by atoms with Crippen molar-refractivity contribution in [2.45, 2.75) is 6.92 Å². The van der Waals surface area contributed by atoms with Crippen molar-refractivity contribution in [2.24, 2.45) is 4.99 Å². The minimum Gasteiger partial charge on any atom is -0.268 e. The predicted octanol–water partition coefficient (Wildman–Crippen LogP) is 5.48. The summed E-state index contributed by atoms with van der Waals surface area (Å²) < 4.78 is 13.2. The smallest absolute Gasteiger partial charge is 0.268 e. The Morgan fingerprint density at radius 3 is 2.52 bits per heavy atom. The van der Waals surface area contributed by atoms with Crippen molar-refractivity contribution in [1.82, 2.24) is 4.98 Å². The third-order valence-corrected chi connectivity index (χ3v) is 5.83. The van der Waals surface area contributed by atoms with E-state index in [0.717, 1.165) is 16.8 Å². The first-order valence-electron chi connectivity index (χ1n) is 8.16. The molecule has 0 spiro atoms. The molecule has 2 aromatic carbocycles. The molecule has 27 heavy (non-hydrogen) atoms. The molecule has 0 N–H and O–H groups in total. The van der Waals surface area contributed by atoms with Crippen LogP contribution < -0.4 is 4.90 Å². The summed E-state index contributed by atoms with van der Waals surface area (Å²) in [4.78, 5) is 24.1. The molecule has 1 aliphatic rings. The molecule has 0 radical (unpaired) electrons. The molecule has 0 bridgehead atoms. The van der Waals surface area contributed by atoms with Crippen LogP contribution in [0.3, 0.4) is 0 Å². The SMILES string of the molecule is C/C(=C1/S/C(=N/c2nccs2)N(c2ccccc2)C1=O)c1ccc(F)cc1. The van der Waals surface area contributed by atoms with E-state index in [0.29, 0.717) is 15.2 Å². The average Bonchev–Trinajstić information content (AvgIpc) is 3.31. The number of carbonyl (C=O) groups is 1. The molecule has 1 aliphatic heterocycles. The van der Waals surface area contributed by atoms with Gasteiger partial charge in [0.25, 0.3) is 5.91 Å². The predicted molar refractivity (Wildman–Crippen MR) is 110 cm³/mol. The molecule has 1 amide bonds. The van der Waals surface area contributed by atoms with Crippen LogP contribution in [-0.4, -0.2) is 16.1 Å². The number of anilines is 1. The van der Waals surface area contributed by atoms with E-state index in [4.69, 9.17) is 0 Å². The summed E-state index contributed by atoms with van der Waals surface area (Å²) >= 11 is 2.71. The van der Waals surface area contributed by atoms with Gasteiger partial charge >= 0.3 is 0 Å². The Hall–Kier alpha value is -2.77. The van der Waals surface area contributed by atoms with Crippen molar-refractivity contribution < 1.29 is 9.18 Å². The maximum atomic E-state index is 13.2. The number of allylic oxidation sites excluding steroid dienone is 1. The van der Waals surface area contributed by atoms with Gasteiger partial charge in [-0.25, -0.2) is 9.37 Å². The van der Waals surface area contributed by atoms with Crippen LogP contribution in [0.2, 0.25) is 0 Å². The highest BCUT2D eigenvalue weighted by atomic mass is 32.2. The zero-order valence-corrected chi connectivity index (χ0v) is 15.9. The minimum absolute atomic E-state index is 0.150. The highest BCUT2D eigenvalue weighted by Gasteiger charge is 2.36. The first-order valence-corrected chi connectivity index (χ1v) is 9.85. The fourth-order valence-corrected chi connectivity index (χ4v) is 4.27. The van der Waals surface area contributed by atoms with E-state index in [2.05, 4.69) is 9.98 Å². The highest BCUT2D eigenvalue weighted by molar-refractivity contribution is 8.19. The average molecular weight is 395 g/mol. The van der Waals surface area contributed by atoms with E-state index in [9.17, 15) is 9.18 Å². The first kappa shape index (κ1) is 17.6. The Bertz CT molecular complexity index is 1030. The van der Waals surface area contributed by atoms with Crippen LogP contribution in [0.15, 0.2) is 76.1 Å². The number of hydrogen-bond acceptors (Lipinski definition) is 5. The topological polar surface area (TPSA) is 45.6 Å². The summed E-state index contributed by atoms with van der Waals surface area (Å²) in [6.45, 7) is 1.86. The molecule has 1 saturated heterocycles. The quantitative estimate of drug-likeness (QED) is 0.552. The van der Waals surface area contributed by atoms with Gasteiger partial charge in [-0.3, -0.25) is 9.69 Å². The second kappa shape index (κ2) is 7.46. The molecular weight excluding hydrogens is 381 g/mol. The van der Waals surface area contributed by atoms with Gasteiger partial charge in [0.05, 0.1) is 10.6 Å². The lowest BCUT2D eigenvalue weighted by Gasteiger charge is -2.15. The number of carbonyl (C=O) groups excluding carboxylic acids is 1. The number of amidine groups is 1. The summed E-state index contributed by atoms with van der Waals surface area (Å²) in [5.41, 5.74) is 2.33. The summed E-state index contributed by atoms with van der Waals surface area (Å²) in [6, 6.07) is 15.5. The monoisotopic (exact) mass is 395 g/mol. The molecule has 134 valence electrons. The second-order valence-electron chi connectivity index (χ2n) is 5.75. The number of hydrogen-bond donors (Lipinski definition) is 0. The van der Waals surface area contributed by atoms with Gasteiger partial charge in [0, 0.05) is 11.6 Å². The Kier molecular flexibility index (Phi) is 4.87. The molecule has 3 aromatic rings. The number of thiazole rings is 1. The lowest BCUT2D eigenvalue weighted by atomic mass is 10.1. The fourth-order valence-electron chi connectivity index (χ4n) is 2.67. The van der Waals surface area contributed by atoms with E-state index in [-0.39, 0.29) is 11.7 Å². The van der Waals surface area contributed by atoms with Crippen molar-refractivity contribution in [3.63, 3.8) is 0 Å². The Morgan fingerprint density at radius 2 is 1.85 bits per heavy atom. The van der Waals surface area contributed by atoms with Crippen molar-refractivity contribution in [3.8, 4) is 0 Å². The Labute approximate surface area is 164 Å². The fraction of sp³-hybridized carbons (Fsp3) is 0.0500.